The standard InChI is InChI=1S/C14H28N2O2/c1-3-15-14(11-17,12-4-5-12)10-16-8-6-13(18-2)7-9-16/h12-13,15,17H,3-11H2,1-2H3. The van der Waals surface area contributed by atoms with Gasteiger partial charge in [0.15, 0.2) is 0 Å². The molecule has 0 aromatic carbocycles. The van der Waals surface area contributed by atoms with Gasteiger partial charge in [0.2, 0.25) is 0 Å². The molecular formula is C14H28N2O2. The second kappa shape index (κ2) is 6.33. The fraction of sp³-hybridized carbons (Fsp3) is 1.00. The Kier molecular flexibility index (Phi) is 5.01. The molecule has 0 aromatic rings. The SMILES string of the molecule is CCNC(CO)(CN1CCC(OC)CC1)C1CC1. The summed E-state index contributed by atoms with van der Waals surface area (Å²) in [5, 5.41) is 13.4. The maximum Gasteiger partial charge on any atom is 0.0628 e. The van der Waals surface area contributed by atoms with E-state index < -0.39 is 0 Å². The molecule has 1 heterocycles. The Morgan fingerprint density at radius 3 is 2.39 bits per heavy atom. The van der Waals surface area contributed by atoms with Gasteiger partial charge in [-0.05, 0) is 38.1 Å². The highest BCUT2D eigenvalue weighted by Gasteiger charge is 2.45. The first kappa shape index (κ1) is 14.3. The van der Waals surface area contributed by atoms with E-state index >= 15 is 0 Å². The van der Waals surface area contributed by atoms with Crippen molar-refractivity contribution in [1.29, 1.82) is 0 Å². The zero-order valence-corrected chi connectivity index (χ0v) is 11.8. The number of rotatable bonds is 7. The minimum Gasteiger partial charge on any atom is -0.394 e. The first-order valence-electron chi connectivity index (χ1n) is 7.35. The maximum absolute atomic E-state index is 9.83. The highest BCUT2D eigenvalue weighted by atomic mass is 16.5. The average molecular weight is 256 g/mol. The molecule has 18 heavy (non-hydrogen) atoms. The van der Waals surface area contributed by atoms with Crippen LogP contribution in [0.3, 0.4) is 0 Å². The van der Waals surface area contributed by atoms with Gasteiger partial charge in [0, 0.05) is 26.7 Å². The summed E-state index contributed by atoms with van der Waals surface area (Å²) in [6.07, 6.45) is 5.21. The highest BCUT2D eigenvalue weighted by Crippen LogP contribution is 2.40. The molecule has 1 unspecified atom stereocenters. The van der Waals surface area contributed by atoms with Crippen molar-refractivity contribution in [1.82, 2.24) is 10.2 Å². The second-order valence-corrected chi connectivity index (χ2v) is 5.83. The third kappa shape index (κ3) is 3.23. The zero-order valence-electron chi connectivity index (χ0n) is 11.8. The van der Waals surface area contributed by atoms with Crippen LogP contribution in [0.25, 0.3) is 0 Å². The van der Waals surface area contributed by atoms with Gasteiger partial charge >= 0.3 is 0 Å². The summed E-state index contributed by atoms with van der Waals surface area (Å²) >= 11 is 0. The fourth-order valence-corrected chi connectivity index (χ4v) is 3.25. The number of nitrogens with zero attached hydrogens (tertiary/aromatic N) is 1. The molecule has 0 aromatic heterocycles. The lowest BCUT2D eigenvalue weighted by atomic mass is 9.92. The van der Waals surface area contributed by atoms with Crippen LogP contribution in [-0.4, -0.2) is 61.5 Å². The highest BCUT2D eigenvalue weighted by molar-refractivity contribution is 5.03. The zero-order chi connectivity index (χ0) is 13.0. The van der Waals surface area contributed by atoms with Crippen LogP contribution < -0.4 is 5.32 Å². The van der Waals surface area contributed by atoms with Crippen molar-refractivity contribution >= 4 is 0 Å². The summed E-state index contributed by atoms with van der Waals surface area (Å²) in [5.41, 5.74) is -0.0609. The molecule has 4 heteroatoms. The van der Waals surface area contributed by atoms with Crippen molar-refractivity contribution in [2.24, 2.45) is 5.92 Å². The van der Waals surface area contributed by atoms with E-state index in [-0.39, 0.29) is 12.1 Å². The number of aliphatic hydroxyl groups is 1. The van der Waals surface area contributed by atoms with Gasteiger partial charge in [0.05, 0.1) is 18.2 Å². The number of aliphatic hydroxyl groups excluding tert-OH is 1. The van der Waals surface area contributed by atoms with Crippen molar-refractivity contribution in [3.05, 3.63) is 0 Å². The van der Waals surface area contributed by atoms with Crippen molar-refractivity contribution < 1.29 is 9.84 Å². The van der Waals surface area contributed by atoms with E-state index in [1.54, 1.807) is 7.11 Å². The number of methoxy groups -OCH3 is 1. The van der Waals surface area contributed by atoms with E-state index in [1.165, 1.54) is 12.8 Å². The van der Waals surface area contributed by atoms with Crippen LogP contribution in [0, 0.1) is 5.92 Å². The molecule has 2 rings (SSSR count). The molecule has 2 fully saturated rings. The van der Waals surface area contributed by atoms with Gasteiger partial charge in [-0.1, -0.05) is 6.92 Å². The minimum atomic E-state index is -0.0609. The van der Waals surface area contributed by atoms with Gasteiger partial charge in [0.1, 0.15) is 0 Å². The third-order valence-corrected chi connectivity index (χ3v) is 4.54. The van der Waals surface area contributed by atoms with Crippen LogP contribution in [-0.2, 0) is 4.74 Å². The minimum absolute atomic E-state index is 0.0609. The molecule has 1 atom stereocenters. The van der Waals surface area contributed by atoms with E-state index in [2.05, 4.69) is 17.1 Å². The lowest BCUT2D eigenvalue weighted by Crippen LogP contribution is -2.59. The maximum atomic E-state index is 9.83. The van der Waals surface area contributed by atoms with Gasteiger partial charge in [-0.2, -0.15) is 0 Å². The molecule has 0 radical (unpaired) electrons. The summed E-state index contributed by atoms with van der Waals surface area (Å²) in [6, 6.07) is 0. The van der Waals surface area contributed by atoms with E-state index in [0.29, 0.717) is 12.0 Å². The van der Waals surface area contributed by atoms with Crippen molar-refractivity contribution in [2.75, 3.05) is 39.9 Å². The summed E-state index contributed by atoms with van der Waals surface area (Å²) in [4.78, 5) is 2.49. The molecule has 1 aliphatic heterocycles. The summed E-state index contributed by atoms with van der Waals surface area (Å²) < 4.78 is 5.41. The van der Waals surface area contributed by atoms with Crippen LogP contribution in [0.1, 0.15) is 32.6 Å². The smallest absolute Gasteiger partial charge is 0.0628 e. The van der Waals surface area contributed by atoms with E-state index in [0.717, 1.165) is 39.0 Å². The number of hydrogen-bond donors (Lipinski definition) is 2. The molecule has 4 nitrogen and oxygen atoms in total. The van der Waals surface area contributed by atoms with Gasteiger partial charge in [0.25, 0.3) is 0 Å². The number of hydrogen-bond acceptors (Lipinski definition) is 4. The Labute approximate surface area is 111 Å². The largest absolute Gasteiger partial charge is 0.394 e. The monoisotopic (exact) mass is 256 g/mol. The van der Waals surface area contributed by atoms with Gasteiger partial charge in [-0.3, -0.25) is 0 Å². The number of likely N-dealkylation sites (tertiary alicyclic amines) is 1. The van der Waals surface area contributed by atoms with Gasteiger partial charge < -0.3 is 20.1 Å². The number of nitrogens with one attached hydrogen (secondary N) is 1. The van der Waals surface area contributed by atoms with Crippen LogP contribution in [0.5, 0.6) is 0 Å². The lowest BCUT2D eigenvalue weighted by Gasteiger charge is -2.40. The van der Waals surface area contributed by atoms with Crippen molar-refractivity contribution in [3.63, 3.8) is 0 Å². The normalized spacial score (nSPS) is 26.2. The third-order valence-electron chi connectivity index (χ3n) is 4.54. The molecule has 0 amide bonds. The summed E-state index contributed by atoms with van der Waals surface area (Å²) in [6.45, 7) is 6.50. The quantitative estimate of drug-likeness (QED) is 0.709. The van der Waals surface area contributed by atoms with E-state index in [4.69, 9.17) is 4.74 Å². The van der Waals surface area contributed by atoms with Crippen LogP contribution >= 0.6 is 0 Å². The molecule has 1 aliphatic carbocycles. The topological polar surface area (TPSA) is 44.7 Å². The van der Waals surface area contributed by atoms with Crippen molar-refractivity contribution in [2.45, 2.75) is 44.2 Å². The first-order chi connectivity index (χ1) is 8.74. The van der Waals surface area contributed by atoms with E-state index in [9.17, 15) is 5.11 Å². The Bertz CT molecular complexity index is 250. The Morgan fingerprint density at radius 2 is 1.94 bits per heavy atom. The second-order valence-electron chi connectivity index (χ2n) is 5.83. The molecule has 1 saturated heterocycles. The molecule has 2 N–H and O–H groups in total. The van der Waals surface area contributed by atoms with E-state index in [1.807, 2.05) is 0 Å². The number of likely N-dealkylation sites (N-methyl/N-ethyl adjacent to an activating group) is 1. The molecule has 106 valence electrons. The molecular weight excluding hydrogens is 228 g/mol. The van der Waals surface area contributed by atoms with Crippen LogP contribution in [0.4, 0.5) is 0 Å². The first-order valence-corrected chi connectivity index (χ1v) is 7.35. The Morgan fingerprint density at radius 1 is 1.28 bits per heavy atom. The molecule has 2 aliphatic rings. The van der Waals surface area contributed by atoms with Crippen molar-refractivity contribution in [3.8, 4) is 0 Å². The lowest BCUT2D eigenvalue weighted by molar-refractivity contribution is 0.0205. The van der Waals surface area contributed by atoms with Crippen LogP contribution in [0.2, 0.25) is 0 Å². The molecule has 0 spiro atoms. The summed E-state index contributed by atoms with van der Waals surface area (Å²) in [7, 11) is 1.81. The predicted octanol–water partition coefficient (Wildman–Crippen LogP) is 0.848. The average Bonchev–Trinajstić information content (AvgIpc) is 3.24. The van der Waals surface area contributed by atoms with Crippen LogP contribution in [0.15, 0.2) is 0 Å². The fourth-order valence-electron chi connectivity index (χ4n) is 3.25. The molecule has 0 bridgehead atoms. The number of piperidine rings is 1. The number of ether oxygens (including phenoxy) is 1. The molecule has 1 saturated carbocycles. The predicted molar refractivity (Wildman–Crippen MR) is 72.7 cm³/mol. The van der Waals surface area contributed by atoms with Gasteiger partial charge in [-0.25, -0.2) is 0 Å². The summed E-state index contributed by atoms with van der Waals surface area (Å²) in [5.74, 6) is 0.669. The Balaban J connectivity index is 1.89. The Hall–Kier alpha value is -0.160. The van der Waals surface area contributed by atoms with Gasteiger partial charge in [-0.15, -0.1) is 0 Å².